The highest BCUT2D eigenvalue weighted by Gasteiger charge is 2.28. The largest absolute Gasteiger partial charge is 0.394 e. The van der Waals surface area contributed by atoms with E-state index in [1.54, 1.807) is 17.0 Å². The summed E-state index contributed by atoms with van der Waals surface area (Å²) in [5, 5.41) is 9.20. The summed E-state index contributed by atoms with van der Waals surface area (Å²) in [6.07, 6.45) is 1.86. The number of carbonyl (C=O) groups excluding carboxylic acids is 1. The van der Waals surface area contributed by atoms with Crippen LogP contribution in [0.3, 0.4) is 0 Å². The molecule has 1 aliphatic rings. The number of benzene rings is 1. The number of aliphatic hydroxyl groups excluding tert-OH is 1. The predicted octanol–water partition coefficient (Wildman–Crippen LogP) is 2.02. The fraction of sp³-hybridized carbons (Fsp3) is 0.462. The second-order valence-electron chi connectivity index (χ2n) is 4.31. The molecule has 1 N–H and O–H groups in total. The van der Waals surface area contributed by atoms with Gasteiger partial charge in [-0.05, 0) is 30.5 Å². The van der Waals surface area contributed by atoms with E-state index in [1.165, 1.54) is 0 Å². The van der Waals surface area contributed by atoms with Crippen LogP contribution in [-0.2, 0) is 5.88 Å². The van der Waals surface area contributed by atoms with Crippen LogP contribution in [0.5, 0.6) is 0 Å². The molecule has 3 nitrogen and oxygen atoms in total. The smallest absolute Gasteiger partial charge is 0.254 e. The van der Waals surface area contributed by atoms with Gasteiger partial charge in [0, 0.05) is 18.0 Å². The van der Waals surface area contributed by atoms with E-state index in [9.17, 15) is 9.90 Å². The lowest BCUT2D eigenvalue weighted by molar-refractivity contribution is 0.0677. The average Bonchev–Trinajstić information content (AvgIpc) is 2.86. The minimum absolute atomic E-state index is 0.00247. The third kappa shape index (κ3) is 2.61. The summed E-state index contributed by atoms with van der Waals surface area (Å²) in [5.74, 6) is 0.458. The third-order valence-electron chi connectivity index (χ3n) is 3.20. The molecule has 1 fully saturated rings. The zero-order chi connectivity index (χ0) is 12.3. The Morgan fingerprint density at radius 3 is 2.71 bits per heavy atom. The molecule has 17 heavy (non-hydrogen) atoms. The molecule has 1 unspecified atom stereocenters. The number of alkyl halides is 1. The van der Waals surface area contributed by atoms with Gasteiger partial charge in [-0.1, -0.05) is 12.1 Å². The molecule has 1 atom stereocenters. The highest BCUT2D eigenvalue weighted by atomic mass is 35.5. The minimum Gasteiger partial charge on any atom is -0.394 e. The molecule has 0 bridgehead atoms. The van der Waals surface area contributed by atoms with Crippen LogP contribution in [-0.4, -0.2) is 35.1 Å². The fourth-order valence-corrected chi connectivity index (χ4v) is 2.37. The lowest BCUT2D eigenvalue weighted by atomic mass is 10.1. The summed E-state index contributed by atoms with van der Waals surface area (Å²) >= 11 is 5.70. The second-order valence-corrected chi connectivity index (χ2v) is 4.57. The molecule has 92 valence electrons. The molecule has 1 heterocycles. The quantitative estimate of drug-likeness (QED) is 0.838. The van der Waals surface area contributed by atoms with Gasteiger partial charge in [-0.25, -0.2) is 0 Å². The summed E-state index contributed by atoms with van der Waals surface area (Å²) in [6, 6.07) is 7.31. The number of likely N-dealkylation sites (tertiary alicyclic amines) is 1. The van der Waals surface area contributed by atoms with Crippen LogP contribution in [0.15, 0.2) is 24.3 Å². The maximum Gasteiger partial charge on any atom is 0.254 e. The molecule has 1 amide bonds. The second kappa shape index (κ2) is 5.52. The number of halogens is 1. The van der Waals surface area contributed by atoms with Crippen molar-refractivity contribution in [2.75, 3.05) is 13.2 Å². The van der Waals surface area contributed by atoms with Crippen LogP contribution in [0.2, 0.25) is 0 Å². The number of rotatable bonds is 3. The average molecular weight is 254 g/mol. The molecule has 1 aromatic carbocycles. The highest BCUT2D eigenvalue weighted by Crippen LogP contribution is 2.20. The molecule has 1 saturated heterocycles. The van der Waals surface area contributed by atoms with Crippen molar-refractivity contribution in [2.45, 2.75) is 24.8 Å². The van der Waals surface area contributed by atoms with E-state index >= 15 is 0 Å². The molecule has 1 aromatic rings. The van der Waals surface area contributed by atoms with Crippen molar-refractivity contribution < 1.29 is 9.90 Å². The van der Waals surface area contributed by atoms with Crippen LogP contribution in [0.4, 0.5) is 0 Å². The first-order valence-corrected chi connectivity index (χ1v) is 6.36. The van der Waals surface area contributed by atoms with Gasteiger partial charge < -0.3 is 10.0 Å². The Labute approximate surface area is 106 Å². The molecule has 0 aromatic heterocycles. The van der Waals surface area contributed by atoms with Crippen molar-refractivity contribution >= 4 is 17.5 Å². The maximum absolute atomic E-state index is 12.2. The molecule has 4 heteroatoms. The molecule has 0 saturated carbocycles. The van der Waals surface area contributed by atoms with Crippen molar-refractivity contribution in [2.24, 2.45) is 0 Å². The lowest BCUT2D eigenvalue weighted by Gasteiger charge is -2.23. The van der Waals surface area contributed by atoms with Gasteiger partial charge in [0.05, 0.1) is 12.6 Å². The standard InChI is InChI=1S/C13H16ClNO2/c14-8-10-3-5-11(6-4-10)13(17)15-7-1-2-12(15)9-16/h3-6,12,16H,1-2,7-9H2. The molecule has 0 spiro atoms. The Morgan fingerprint density at radius 2 is 2.12 bits per heavy atom. The zero-order valence-corrected chi connectivity index (χ0v) is 10.4. The maximum atomic E-state index is 12.2. The molecule has 0 aliphatic carbocycles. The summed E-state index contributed by atoms with van der Waals surface area (Å²) in [4.78, 5) is 14.0. The Balaban J connectivity index is 2.13. The molecule has 2 rings (SSSR count). The van der Waals surface area contributed by atoms with Crippen molar-refractivity contribution in [1.29, 1.82) is 0 Å². The highest BCUT2D eigenvalue weighted by molar-refractivity contribution is 6.17. The summed E-state index contributed by atoms with van der Waals surface area (Å²) < 4.78 is 0. The molecular formula is C13H16ClNO2. The SMILES string of the molecule is O=C(c1ccc(CCl)cc1)N1CCCC1CO. The first kappa shape index (κ1) is 12.4. The van der Waals surface area contributed by atoms with Crippen LogP contribution >= 0.6 is 11.6 Å². The lowest BCUT2D eigenvalue weighted by Crippen LogP contribution is -2.37. The number of carbonyl (C=O) groups is 1. The van der Waals surface area contributed by atoms with Crippen molar-refractivity contribution in [3.63, 3.8) is 0 Å². The molecule has 0 radical (unpaired) electrons. The Morgan fingerprint density at radius 1 is 1.41 bits per heavy atom. The summed E-state index contributed by atoms with van der Waals surface area (Å²) in [5.41, 5.74) is 1.67. The van der Waals surface area contributed by atoms with Crippen molar-refractivity contribution in [3.05, 3.63) is 35.4 Å². The summed E-state index contributed by atoms with van der Waals surface area (Å²) in [6.45, 7) is 0.785. The first-order chi connectivity index (χ1) is 8.26. The minimum atomic E-state index is -0.0183. The number of aliphatic hydroxyl groups is 1. The first-order valence-electron chi connectivity index (χ1n) is 5.83. The van der Waals surface area contributed by atoms with Gasteiger partial charge in [0.25, 0.3) is 5.91 Å². The molecule has 1 aliphatic heterocycles. The van der Waals surface area contributed by atoms with Crippen molar-refractivity contribution in [1.82, 2.24) is 4.90 Å². The van der Waals surface area contributed by atoms with E-state index in [2.05, 4.69) is 0 Å². The van der Waals surface area contributed by atoms with E-state index in [1.807, 2.05) is 12.1 Å². The number of hydrogen-bond donors (Lipinski definition) is 1. The topological polar surface area (TPSA) is 40.5 Å². The summed E-state index contributed by atoms with van der Waals surface area (Å²) in [7, 11) is 0. The molecular weight excluding hydrogens is 238 g/mol. The van der Waals surface area contributed by atoms with Gasteiger partial charge in [0.1, 0.15) is 0 Å². The Bertz CT molecular complexity index is 391. The van der Waals surface area contributed by atoms with E-state index in [4.69, 9.17) is 11.6 Å². The monoisotopic (exact) mass is 253 g/mol. The fourth-order valence-electron chi connectivity index (χ4n) is 2.20. The predicted molar refractivity (Wildman–Crippen MR) is 67.1 cm³/mol. The van der Waals surface area contributed by atoms with Crippen LogP contribution in [0.25, 0.3) is 0 Å². The van der Waals surface area contributed by atoms with Crippen LogP contribution < -0.4 is 0 Å². The number of nitrogens with zero attached hydrogens (tertiary/aromatic N) is 1. The van der Waals surface area contributed by atoms with Gasteiger partial charge in [0.2, 0.25) is 0 Å². The van der Waals surface area contributed by atoms with Gasteiger partial charge in [-0.2, -0.15) is 0 Å². The number of hydrogen-bond acceptors (Lipinski definition) is 2. The van der Waals surface area contributed by atoms with Gasteiger partial charge in [-0.15, -0.1) is 11.6 Å². The van der Waals surface area contributed by atoms with E-state index < -0.39 is 0 Å². The van der Waals surface area contributed by atoms with E-state index in [0.717, 1.165) is 24.9 Å². The van der Waals surface area contributed by atoms with Gasteiger partial charge in [-0.3, -0.25) is 4.79 Å². The zero-order valence-electron chi connectivity index (χ0n) is 9.60. The van der Waals surface area contributed by atoms with E-state index in [-0.39, 0.29) is 18.6 Å². The van der Waals surface area contributed by atoms with Gasteiger partial charge >= 0.3 is 0 Å². The number of amides is 1. The Kier molecular flexibility index (Phi) is 4.02. The van der Waals surface area contributed by atoms with Crippen molar-refractivity contribution in [3.8, 4) is 0 Å². The normalized spacial score (nSPS) is 19.6. The van der Waals surface area contributed by atoms with E-state index in [0.29, 0.717) is 11.4 Å². The van der Waals surface area contributed by atoms with Crippen LogP contribution in [0, 0.1) is 0 Å². The Hall–Kier alpha value is -1.06. The van der Waals surface area contributed by atoms with Gasteiger partial charge in [0.15, 0.2) is 0 Å². The third-order valence-corrected chi connectivity index (χ3v) is 3.51. The van der Waals surface area contributed by atoms with Crippen LogP contribution in [0.1, 0.15) is 28.8 Å².